The summed E-state index contributed by atoms with van der Waals surface area (Å²) in [6.45, 7) is 1.63. The maximum Gasteiger partial charge on any atom is 0.306 e. The van der Waals surface area contributed by atoms with Crippen molar-refractivity contribution in [1.82, 2.24) is 10.9 Å². The number of benzene rings is 2. The van der Waals surface area contributed by atoms with Gasteiger partial charge in [-0.2, -0.15) is 0 Å². The molecule has 0 bridgehead atoms. The van der Waals surface area contributed by atoms with E-state index in [0.717, 1.165) is 5.56 Å². The summed E-state index contributed by atoms with van der Waals surface area (Å²) < 4.78 is 5.09. The van der Waals surface area contributed by atoms with Gasteiger partial charge in [0, 0.05) is 31.0 Å². The normalized spacial score (nSPS) is 9.97. The molecule has 0 aliphatic rings. The highest BCUT2D eigenvalue weighted by atomic mass is 16.5. The van der Waals surface area contributed by atoms with Gasteiger partial charge >= 0.3 is 5.97 Å². The highest BCUT2D eigenvalue weighted by Gasteiger charge is 2.10. The van der Waals surface area contributed by atoms with Gasteiger partial charge in [-0.1, -0.05) is 30.3 Å². The van der Waals surface area contributed by atoms with Crippen LogP contribution in [0, 0.1) is 0 Å². The summed E-state index contributed by atoms with van der Waals surface area (Å²) in [4.78, 5) is 46.4. The van der Waals surface area contributed by atoms with Crippen LogP contribution < -0.4 is 16.2 Å². The number of amides is 3. The van der Waals surface area contributed by atoms with Gasteiger partial charge in [-0.05, 0) is 29.8 Å². The third-order valence-electron chi connectivity index (χ3n) is 3.84. The minimum atomic E-state index is -0.516. The van der Waals surface area contributed by atoms with Crippen molar-refractivity contribution in [2.75, 3.05) is 11.9 Å². The predicted molar refractivity (Wildman–Crippen MR) is 107 cm³/mol. The molecule has 0 aliphatic carbocycles. The quantitative estimate of drug-likeness (QED) is 0.466. The summed E-state index contributed by atoms with van der Waals surface area (Å²) in [6.07, 6.45) is 0.420. The number of hydrogen-bond acceptors (Lipinski definition) is 5. The molecule has 0 aliphatic heterocycles. The third kappa shape index (κ3) is 8.25. The molecule has 0 heterocycles. The molecule has 0 saturated carbocycles. The predicted octanol–water partition coefficient (Wildman–Crippen LogP) is 1.97. The van der Waals surface area contributed by atoms with Crippen LogP contribution in [0.3, 0.4) is 0 Å². The van der Waals surface area contributed by atoms with Crippen molar-refractivity contribution in [2.24, 2.45) is 0 Å². The molecule has 3 N–H and O–H groups in total. The number of hydrazine groups is 1. The highest BCUT2D eigenvalue weighted by Crippen LogP contribution is 2.09. The van der Waals surface area contributed by atoms with E-state index in [1.807, 2.05) is 30.3 Å². The van der Waals surface area contributed by atoms with Crippen molar-refractivity contribution >= 4 is 29.4 Å². The summed E-state index contributed by atoms with van der Waals surface area (Å²) in [5.74, 6) is -1.71. The molecule has 0 fully saturated rings. The lowest BCUT2D eigenvalue weighted by Gasteiger charge is -2.08. The maximum absolute atomic E-state index is 12.0. The molecule has 0 saturated heterocycles. The molecule has 0 unspecified atom stereocenters. The summed E-state index contributed by atoms with van der Waals surface area (Å²) in [5, 5.41) is 2.59. The lowest BCUT2D eigenvalue weighted by atomic mass is 10.2. The average Bonchev–Trinajstić information content (AvgIpc) is 2.71. The van der Waals surface area contributed by atoms with E-state index in [0.29, 0.717) is 17.7 Å². The van der Waals surface area contributed by atoms with Gasteiger partial charge in [-0.25, -0.2) is 0 Å². The molecule has 8 nitrogen and oxygen atoms in total. The minimum Gasteiger partial charge on any atom is -0.465 e. The van der Waals surface area contributed by atoms with Crippen LogP contribution in [-0.4, -0.2) is 30.3 Å². The van der Waals surface area contributed by atoms with Crippen LogP contribution in [0.5, 0.6) is 0 Å². The molecule has 29 heavy (non-hydrogen) atoms. The summed E-state index contributed by atoms with van der Waals surface area (Å²) in [5.41, 5.74) is 6.44. The van der Waals surface area contributed by atoms with Crippen LogP contribution in [-0.2, 0) is 25.5 Å². The Balaban J connectivity index is 1.63. The molecule has 2 aromatic carbocycles. The summed E-state index contributed by atoms with van der Waals surface area (Å²) in [7, 11) is 0. The standard InChI is InChI=1S/C21H23N3O5/c1-15(25)22-18-9-7-17(8-10-18)21(28)24-23-19(26)11-12-20(27)29-14-13-16-5-3-2-4-6-16/h2-10H,11-14H2,1H3,(H,22,25)(H,23,26)(H,24,28). The van der Waals surface area contributed by atoms with Gasteiger partial charge in [0.25, 0.3) is 5.91 Å². The van der Waals surface area contributed by atoms with Crippen molar-refractivity contribution < 1.29 is 23.9 Å². The average molecular weight is 397 g/mol. The van der Waals surface area contributed by atoms with Gasteiger partial charge in [0.05, 0.1) is 13.0 Å². The van der Waals surface area contributed by atoms with Crippen molar-refractivity contribution in [3.05, 3.63) is 65.7 Å². The van der Waals surface area contributed by atoms with E-state index in [-0.39, 0.29) is 25.4 Å². The van der Waals surface area contributed by atoms with E-state index < -0.39 is 17.8 Å². The largest absolute Gasteiger partial charge is 0.465 e. The van der Waals surface area contributed by atoms with Crippen molar-refractivity contribution in [3.63, 3.8) is 0 Å². The molecule has 3 amide bonds. The Bertz CT molecular complexity index is 850. The number of ether oxygens (including phenoxy) is 1. The van der Waals surface area contributed by atoms with Crippen LogP contribution in [0.15, 0.2) is 54.6 Å². The molecular weight excluding hydrogens is 374 g/mol. The van der Waals surface area contributed by atoms with E-state index in [4.69, 9.17) is 4.74 Å². The SMILES string of the molecule is CC(=O)Nc1ccc(C(=O)NNC(=O)CCC(=O)OCCc2ccccc2)cc1. The number of carbonyl (C=O) groups excluding carboxylic acids is 4. The third-order valence-corrected chi connectivity index (χ3v) is 3.84. The van der Waals surface area contributed by atoms with E-state index in [9.17, 15) is 19.2 Å². The summed E-state index contributed by atoms with van der Waals surface area (Å²) >= 11 is 0. The first-order chi connectivity index (χ1) is 13.9. The zero-order chi connectivity index (χ0) is 21.1. The molecule has 0 aromatic heterocycles. The Morgan fingerprint density at radius 3 is 2.21 bits per heavy atom. The van der Waals surface area contributed by atoms with Crippen LogP contribution in [0.25, 0.3) is 0 Å². The Morgan fingerprint density at radius 1 is 0.862 bits per heavy atom. The minimum absolute atomic E-state index is 0.0814. The van der Waals surface area contributed by atoms with Gasteiger partial charge < -0.3 is 10.1 Å². The fourth-order valence-corrected chi connectivity index (χ4v) is 2.38. The zero-order valence-corrected chi connectivity index (χ0v) is 16.1. The van der Waals surface area contributed by atoms with Crippen LogP contribution in [0.4, 0.5) is 5.69 Å². The monoisotopic (exact) mass is 397 g/mol. The molecule has 152 valence electrons. The first-order valence-electron chi connectivity index (χ1n) is 9.10. The van der Waals surface area contributed by atoms with Gasteiger partial charge in [-0.3, -0.25) is 30.0 Å². The maximum atomic E-state index is 12.0. The fourth-order valence-electron chi connectivity index (χ4n) is 2.38. The topological polar surface area (TPSA) is 114 Å². The van der Waals surface area contributed by atoms with E-state index in [1.54, 1.807) is 12.1 Å². The van der Waals surface area contributed by atoms with Gasteiger partial charge in [0.2, 0.25) is 11.8 Å². The number of esters is 1. The Kier molecular flexibility index (Phi) is 8.37. The Morgan fingerprint density at radius 2 is 1.55 bits per heavy atom. The van der Waals surface area contributed by atoms with E-state index in [2.05, 4.69) is 16.2 Å². The number of nitrogens with one attached hydrogen (secondary N) is 3. The van der Waals surface area contributed by atoms with Crippen molar-refractivity contribution in [3.8, 4) is 0 Å². The molecule has 0 radical (unpaired) electrons. The van der Waals surface area contributed by atoms with Crippen LogP contribution in [0.1, 0.15) is 35.7 Å². The van der Waals surface area contributed by atoms with E-state index in [1.165, 1.54) is 19.1 Å². The number of hydrogen-bond donors (Lipinski definition) is 3. The van der Waals surface area contributed by atoms with Crippen LogP contribution >= 0.6 is 0 Å². The first kappa shape index (κ1) is 21.6. The highest BCUT2D eigenvalue weighted by molar-refractivity contribution is 5.96. The first-order valence-corrected chi connectivity index (χ1v) is 9.10. The zero-order valence-electron chi connectivity index (χ0n) is 16.1. The van der Waals surface area contributed by atoms with Gasteiger partial charge in [-0.15, -0.1) is 0 Å². The molecule has 0 spiro atoms. The number of anilines is 1. The second-order valence-electron chi connectivity index (χ2n) is 6.22. The lowest BCUT2D eigenvalue weighted by Crippen LogP contribution is -2.41. The van der Waals surface area contributed by atoms with Gasteiger partial charge in [0.15, 0.2) is 0 Å². The number of rotatable bonds is 8. The Hall–Kier alpha value is -3.68. The van der Waals surface area contributed by atoms with Gasteiger partial charge in [0.1, 0.15) is 0 Å². The number of carbonyl (C=O) groups is 4. The van der Waals surface area contributed by atoms with E-state index >= 15 is 0 Å². The second-order valence-corrected chi connectivity index (χ2v) is 6.22. The molecule has 0 atom stereocenters. The lowest BCUT2D eigenvalue weighted by molar-refractivity contribution is -0.144. The molecule has 8 heteroatoms. The smallest absolute Gasteiger partial charge is 0.306 e. The molecule has 2 aromatic rings. The molecule has 2 rings (SSSR count). The van der Waals surface area contributed by atoms with Crippen molar-refractivity contribution in [1.29, 1.82) is 0 Å². The summed E-state index contributed by atoms with van der Waals surface area (Å²) in [6, 6.07) is 15.8. The van der Waals surface area contributed by atoms with Crippen LogP contribution in [0.2, 0.25) is 0 Å². The van der Waals surface area contributed by atoms with Crippen molar-refractivity contribution in [2.45, 2.75) is 26.2 Å². The fraction of sp³-hybridized carbons (Fsp3) is 0.238. The molecular formula is C21H23N3O5. The Labute approximate surface area is 168 Å². The second kappa shape index (κ2) is 11.2.